The second-order valence-corrected chi connectivity index (χ2v) is 6.03. The molecule has 4 heterocycles. The van der Waals surface area contributed by atoms with Crippen LogP contribution in [0, 0.1) is 0 Å². The van der Waals surface area contributed by atoms with Gasteiger partial charge < -0.3 is 14.0 Å². The van der Waals surface area contributed by atoms with Crippen LogP contribution in [0.3, 0.4) is 0 Å². The summed E-state index contributed by atoms with van der Waals surface area (Å²) in [6.07, 6.45) is 3.45. The van der Waals surface area contributed by atoms with E-state index >= 15 is 0 Å². The molecule has 5 rings (SSSR count). The molecule has 4 aromatic rings. The zero-order valence-corrected chi connectivity index (χ0v) is 13.2. The van der Waals surface area contributed by atoms with Crippen LogP contribution < -0.4 is 4.90 Å². The Kier molecular flexibility index (Phi) is 2.86. The third kappa shape index (κ3) is 2.07. The number of hydrogen-bond acceptors (Lipinski definition) is 6. The molecule has 8 nitrogen and oxygen atoms in total. The smallest absolute Gasteiger partial charge is 0.266 e. The second kappa shape index (κ2) is 5.07. The second-order valence-electron chi connectivity index (χ2n) is 5.64. The summed E-state index contributed by atoms with van der Waals surface area (Å²) in [5, 5.41) is 12.8. The van der Waals surface area contributed by atoms with Gasteiger partial charge in [0.1, 0.15) is 11.0 Å². The molecule has 0 radical (unpaired) electrons. The highest BCUT2D eigenvalue weighted by atomic mass is 35.5. The summed E-state index contributed by atoms with van der Waals surface area (Å²) < 4.78 is 7.42. The summed E-state index contributed by atoms with van der Waals surface area (Å²) in [5.41, 5.74) is 1.79. The predicted octanol–water partition coefficient (Wildman–Crippen LogP) is 2.48. The first kappa shape index (κ1) is 13.6. The van der Waals surface area contributed by atoms with Crippen molar-refractivity contribution in [3.05, 3.63) is 41.6 Å². The van der Waals surface area contributed by atoms with Gasteiger partial charge in [-0.15, -0.1) is 0 Å². The van der Waals surface area contributed by atoms with Gasteiger partial charge in [0.05, 0.1) is 24.5 Å². The van der Waals surface area contributed by atoms with E-state index in [2.05, 4.69) is 25.3 Å². The molecule has 0 atom stereocenters. The van der Waals surface area contributed by atoms with E-state index in [0.29, 0.717) is 23.5 Å². The predicted molar refractivity (Wildman–Crippen MR) is 87.7 cm³/mol. The molecule has 24 heavy (non-hydrogen) atoms. The lowest BCUT2D eigenvalue weighted by atomic mass is 10.2. The van der Waals surface area contributed by atoms with Crippen molar-refractivity contribution in [2.24, 2.45) is 0 Å². The number of nitrogens with one attached hydrogen (secondary N) is 1. The summed E-state index contributed by atoms with van der Waals surface area (Å²) >= 11 is 6.10. The molecule has 0 spiro atoms. The molecular formula is C15H12ClN7O. The Morgan fingerprint density at radius 3 is 3.12 bits per heavy atom. The van der Waals surface area contributed by atoms with Crippen LogP contribution in [0.5, 0.6) is 0 Å². The van der Waals surface area contributed by atoms with Gasteiger partial charge in [-0.3, -0.25) is 5.10 Å². The lowest BCUT2D eigenvalue weighted by Crippen LogP contribution is -2.34. The van der Waals surface area contributed by atoms with E-state index in [1.807, 2.05) is 27.7 Å². The van der Waals surface area contributed by atoms with Crippen molar-refractivity contribution >= 4 is 28.5 Å². The van der Waals surface area contributed by atoms with Crippen molar-refractivity contribution in [3.63, 3.8) is 0 Å². The van der Waals surface area contributed by atoms with Gasteiger partial charge in [-0.1, -0.05) is 17.7 Å². The van der Waals surface area contributed by atoms with Crippen LogP contribution in [0.15, 0.2) is 35.1 Å². The van der Waals surface area contributed by atoms with Crippen LogP contribution >= 0.6 is 11.6 Å². The summed E-state index contributed by atoms with van der Waals surface area (Å²) in [5.74, 6) is 1.94. The van der Waals surface area contributed by atoms with Gasteiger partial charge in [0, 0.05) is 24.0 Å². The number of hydrogen-bond donors (Lipinski definition) is 1. The molecule has 1 N–H and O–H groups in total. The van der Waals surface area contributed by atoms with Crippen LogP contribution in [0.1, 0.15) is 5.82 Å². The molecule has 0 saturated carbocycles. The van der Waals surface area contributed by atoms with E-state index in [9.17, 15) is 0 Å². The average Bonchev–Trinajstić information content (AvgIpc) is 3.33. The number of imidazole rings is 1. The molecule has 3 aromatic heterocycles. The highest BCUT2D eigenvalue weighted by Gasteiger charge is 2.23. The number of rotatable bonds is 2. The zero-order chi connectivity index (χ0) is 16.1. The fourth-order valence-corrected chi connectivity index (χ4v) is 3.16. The monoisotopic (exact) mass is 341 g/mol. The van der Waals surface area contributed by atoms with Crippen molar-refractivity contribution < 1.29 is 4.52 Å². The average molecular weight is 342 g/mol. The number of fused-ring (bicyclic) bond motifs is 2. The number of aromatic nitrogens is 6. The minimum absolute atomic E-state index is 0.480. The van der Waals surface area contributed by atoms with Gasteiger partial charge in [0.2, 0.25) is 0 Å². The summed E-state index contributed by atoms with van der Waals surface area (Å²) in [6, 6.07) is 5.86. The van der Waals surface area contributed by atoms with Gasteiger partial charge in [-0.05, 0) is 17.3 Å². The molecule has 0 bridgehead atoms. The number of H-pyrrole nitrogens is 1. The molecule has 1 aromatic carbocycles. The summed E-state index contributed by atoms with van der Waals surface area (Å²) in [6.45, 7) is 2.10. The van der Waals surface area contributed by atoms with E-state index in [0.717, 1.165) is 35.4 Å². The number of anilines is 1. The molecule has 0 saturated heterocycles. The molecule has 9 heteroatoms. The first-order chi connectivity index (χ1) is 11.8. The van der Waals surface area contributed by atoms with Gasteiger partial charge in [-0.2, -0.15) is 10.1 Å². The third-order valence-electron chi connectivity index (χ3n) is 4.20. The van der Waals surface area contributed by atoms with E-state index in [4.69, 9.17) is 16.1 Å². The Balaban J connectivity index is 1.45. The standard InChI is InChI=1S/C15H12ClN7O/c16-12-7-17-13-8-22(3-4-23(12)13)15-19-14(24-21-15)9-1-2-10-6-18-20-11(10)5-9/h1-2,5-7H,3-4,8H2,(H,18,20). The van der Waals surface area contributed by atoms with Gasteiger partial charge >= 0.3 is 0 Å². The van der Waals surface area contributed by atoms with Gasteiger partial charge in [0.15, 0.2) is 0 Å². The van der Waals surface area contributed by atoms with Crippen LogP contribution in [-0.2, 0) is 13.1 Å². The highest BCUT2D eigenvalue weighted by molar-refractivity contribution is 6.29. The number of benzene rings is 1. The molecule has 0 fully saturated rings. The maximum atomic E-state index is 6.10. The minimum Gasteiger partial charge on any atom is -0.332 e. The molecule has 120 valence electrons. The summed E-state index contributed by atoms with van der Waals surface area (Å²) in [4.78, 5) is 10.9. The SMILES string of the molecule is Clc1cnc2n1CCN(c1noc(-c3ccc4cn[nH]c4c3)n1)C2. The van der Waals surface area contributed by atoms with Gasteiger partial charge in [-0.25, -0.2) is 4.98 Å². The topological polar surface area (TPSA) is 88.7 Å². The Bertz CT molecular complexity index is 1030. The van der Waals surface area contributed by atoms with Crippen molar-refractivity contribution in [2.45, 2.75) is 13.1 Å². The largest absolute Gasteiger partial charge is 0.332 e. The Hall–Kier alpha value is -2.87. The number of aromatic amines is 1. The lowest BCUT2D eigenvalue weighted by molar-refractivity contribution is 0.426. The van der Waals surface area contributed by atoms with E-state index < -0.39 is 0 Å². The zero-order valence-electron chi connectivity index (χ0n) is 12.5. The molecule has 0 aliphatic carbocycles. The quantitative estimate of drug-likeness (QED) is 0.602. The first-order valence-corrected chi connectivity index (χ1v) is 7.88. The first-order valence-electron chi connectivity index (χ1n) is 7.50. The van der Waals surface area contributed by atoms with E-state index in [1.54, 1.807) is 12.4 Å². The molecule has 0 unspecified atom stereocenters. The van der Waals surface area contributed by atoms with E-state index in [1.165, 1.54) is 0 Å². The fraction of sp³-hybridized carbons (Fsp3) is 0.200. The van der Waals surface area contributed by atoms with Crippen LogP contribution in [0.25, 0.3) is 22.4 Å². The summed E-state index contributed by atoms with van der Waals surface area (Å²) in [7, 11) is 0. The maximum absolute atomic E-state index is 6.10. The molecule has 0 amide bonds. The van der Waals surface area contributed by atoms with E-state index in [-0.39, 0.29) is 0 Å². The van der Waals surface area contributed by atoms with Crippen LogP contribution in [0.4, 0.5) is 5.95 Å². The normalized spacial score (nSPS) is 14.3. The minimum atomic E-state index is 0.480. The Morgan fingerprint density at radius 2 is 2.17 bits per heavy atom. The molecule has 1 aliphatic rings. The van der Waals surface area contributed by atoms with Crippen molar-refractivity contribution in [1.29, 1.82) is 0 Å². The van der Waals surface area contributed by atoms with Crippen LogP contribution in [-0.4, -0.2) is 36.4 Å². The van der Waals surface area contributed by atoms with Crippen molar-refractivity contribution in [2.75, 3.05) is 11.4 Å². The lowest BCUT2D eigenvalue weighted by Gasteiger charge is -2.26. The maximum Gasteiger partial charge on any atom is 0.266 e. The van der Waals surface area contributed by atoms with Crippen molar-refractivity contribution in [3.8, 4) is 11.5 Å². The number of nitrogens with zero attached hydrogens (tertiary/aromatic N) is 6. The number of halogens is 1. The van der Waals surface area contributed by atoms with Crippen LogP contribution in [0.2, 0.25) is 5.15 Å². The third-order valence-corrected chi connectivity index (χ3v) is 4.50. The molecule has 1 aliphatic heterocycles. The Labute approximate surface area is 141 Å². The van der Waals surface area contributed by atoms with Crippen molar-refractivity contribution in [1.82, 2.24) is 29.9 Å². The Morgan fingerprint density at radius 1 is 1.21 bits per heavy atom. The fourth-order valence-electron chi connectivity index (χ4n) is 2.93. The molecular weight excluding hydrogens is 330 g/mol. The highest BCUT2D eigenvalue weighted by Crippen LogP contribution is 2.26. The van der Waals surface area contributed by atoms with Gasteiger partial charge in [0.25, 0.3) is 11.8 Å².